The number of alkyl halides is 3. The quantitative estimate of drug-likeness (QED) is 0.467. The first-order valence-electron chi connectivity index (χ1n) is 8.79. The number of esters is 1. The highest BCUT2D eigenvalue weighted by Crippen LogP contribution is 2.31. The third-order valence-electron chi connectivity index (χ3n) is 4.00. The number of carbonyl (C=O) groups is 1. The molecule has 0 spiro atoms. The smallest absolute Gasteiger partial charge is 0.416 e. The van der Waals surface area contributed by atoms with Crippen LogP contribution in [0.4, 0.5) is 13.2 Å². The van der Waals surface area contributed by atoms with E-state index in [1.54, 1.807) is 17.7 Å². The van der Waals surface area contributed by atoms with Crippen LogP contribution < -0.4 is 0 Å². The topological polar surface area (TPSA) is 44.1 Å². The van der Waals surface area contributed by atoms with E-state index in [2.05, 4.69) is 12.0 Å². The molecule has 0 radical (unpaired) electrons. The number of hydrogen-bond donors (Lipinski definition) is 0. The van der Waals surface area contributed by atoms with Crippen LogP contribution in [-0.2, 0) is 17.5 Å². The number of unbranched alkanes of at least 4 members (excludes halogenated alkanes) is 3. The molecule has 0 N–H and O–H groups in total. The van der Waals surface area contributed by atoms with Crippen LogP contribution in [0.15, 0.2) is 30.3 Å². The lowest BCUT2D eigenvalue weighted by molar-refractivity contribution is -0.137. The summed E-state index contributed by atoms with van der Waals surface area (Å²) in [6, 6.07) is 6.32. The Morgan fingerprint density at radius 3 is 2.38 bits per heavy atom. The fourth-order valence-corrected chi connectivity index (χ4v) is 2.62. The molecule has 0 saturated heterocycles. The average molecular weight is 368 g/mol. The maximum Gasteiger partial charge on any atom is 0.416 e. The molecule has 0 atom stereocenters. The minimum Gasteiger partial charge on any atom is -0.461 e. The molecule has 2 aromatic rings. The average Bonchev–Trinajstić information content (AvgIpc) is 3.03. The zero-order chi connectivity index (χ0) is 19.2. The van der Waals surface area contributed by atoms with Crippen molar-refractivity contribution in [2.24, 2.45) is 0 Å². The van der Waals surface area contributed by atoms with Crippen molar-refractivity contribution in [1.82, 2.24) is 9.78 Å². The minimum absolute atomic E-state index is 0.245. The number of nitrogens with zero attached hydrogens (tertiary/aromatic N) is 2. The molecule has 0 amide bonds. The van der Waals surface area contributed by atoms with E-state index in [1.165, 1.54) is 12.1 Å². The third kappa shape index (κ3) is 5.09. The molecule has 0 unspecified atom stereocenters. The van der Waals surface area contributed by atoms with Gasteiger partial charge in [0.05, 0.1) is 17.9 Å². The van der Waals surface area contributed by atoms with E-state index in [0.29, 0.717) is 23.5 Å². The van der Waals surface area contributed by atoms with Gasteiger partial charge in [0.2, 0.25) is 0 Å². The first-order chi connectivity index (χ1) is 12.4. The highest BCUT2D eigenvalue weighted by Gasteiger charge is 2.30. The normalized spacial score (nSPS) is 11.6. The molecule has 2 rings (SSSR count). The first kappa shape index (κ1) is 20.0. The molecule has 1 heterocycles. The lowest BCUT2D eigenvalue weighted by Crippen LogP contribution is -2.13. The highest BCUT2D eigenvalue weighted by molar-refractivity contribution is 5.89. The van der Waals surface area contributed by atoms with Crippen LogP contribution in [-0.4, -0.2) is 22.4 Å². The van der Waals surface area contributed by atoms with Crippen molar-refractivity contribution in [3.05, 3.63) is 41.6 Å². The fourth-order valence-electron chi connectivity index (χ4n) is 2.62. The van der Waals surface area contributed by atoms with E-state index >= 15 is 0 Å². The van der Waals surface area contributed by atoms with Gasteiger partial charge in [-0.15, -0.1) is 0 Å². The van der Waals surface area contributed by atoms with Crippen molar-refractivity contribution in [2.75, 3.05) is 6.61 Å². The Labute approximate surface area is 151 Å². The number of carbonyl (C=O) groups excluding carboxylic acids is 1. The lowest BCUT2D eigenvalue weighted by Gasteiger charge is -2.07. The van der Waals surface area contributed by atoms with Crippen molar-refractivity contribution >= 4 is 5.97 Å². The summed E-state index contributed by atoms with van der Waals surface area (Å²) in [5, 5.41) is 4.41. The molecule has 142 valence electrons. The predicted molar refractivity (Wildman–Crippen MR) is 92.8 cm³/mol. The maximum atomic E-state index is 12.7. The molecule has 0 aliphatic rings. The lowest BCUT2D eigenvalue weighted by atomic mass is 10.1. The molecular formula is C19H23F3N2O2. The van der Waals surface area contributed by atoms with Gasteiger partial charge in [-0.2, -0.15) is 18.3 Å². The Kier molecular flexibility index (Phi) is 6.83. The SMILES string of the molecule is CCCCCCn1nc(-c2ccc(C(F)(F)F)cc2)cc1C(=O)OCC. The number of benzene rings is 1. The predicted octanol–water partition coefficient (Wildman–Crippen LogP) is 5.33. The van der Waals surface area contributed by atoms with Crippen molar-refractivity contribution in [1.29, 1.82) is 0 Å². The molecule has 26 heavy (non-hydrogen) atoms. The molecule has 0 fully saturated rings. The van der Waals surface area contributed by atoms with Gasteiger partial charge in [0, 0.05) is 12.1 Å². The monoisotopic (exact) mass is 368 g/mol. The molecule has 4 nitrogen and oxygen atoms in total. The van der Waals surface area contributed by atoms with E-state index < -0.39 is 17.7 Å². The highest BCUT2D eigenvalue weighted by atomic mass is 19.4. The number of rotatable bonds is 8. The van der Waals surface area contributed by atoms with Crippen LogP contribution in [0, 0.1) is 0 Å². The summed E-state index contributed by atoms with van der Waals surface area (Å²) in [5.41, 5.74) is 0.581. The van der Waals surface area contributed by atoms with E-state index in [-0.39, 0.29) is 6.61 Å². The van der Waals surface area contributed by atoms with E-state index in [1.807, 2.05) is 0 Å². The Balaban J connectivity index is 2.26. The third-order valence-corrected chi connectivity index (χ3v) is 4.00. The van der Waals surface area contributed by atoms with Gasteiger partial charge in [-0.25, -0.2) is 4.79 Å². The van der Waals surface area contributed by atoms with Gasteiger partial charge in [0.15, 0.2) is 0 Å². The second-order valence-electron chi connectivity index (χ2n) is 5.99. The molecule has 0 bridgehead atoms. The number of hydrogen-bond acceptors (Lipinski definition) is 3. The molecule has 1 aromatic heterocycles. The van der Waals surface area contributed by atoms with Crippen LogP contribution in [0.2, 0.25) is 0 Å². The largest absolute Gasteiger partial charge is 0.461 e. The van der Waals surface area contributed by atoms with Crippen LogP contribution >= 0.6 is 0 Å². The molecule has 1 aromatic carbocycles. The van der Waals surface area contributed by atoms with Gasteiger partial charge in [0.25, 0.3) is 0 Å². The summed E-state index contributed by atoms with van der Waals surface area (Å²) in [4.78, 5) is 12.2. The zero-order valence-electron chi connectivity index (χ0n) is 15.0. The van der Waals surface area contributed by atoms with Crippen molar-refractivity contribution in [2.45, 2.75) is 52.3 Å². The maximum absolute atomic E-state index is 12.7. The van der Waals surface area contributed by atoms with Gasteiger partial charge in [0.1, 0.15) is 5.69 Å². The van der Waals surface area contributed by atoms with Gasteiger partial charge in [-0.3, -0.25) is 4.68 Å². The van der Waals surface area contributed by atoms with Gasteiger partial charge in [-0.05, 0) is 31.5 Å². The summed E-state index contributed by atoms with van der Waals surface area (Å²) in [6.45, 7) is 4.64. The van der Waals surface area contributed by atoms with Crippen molar-refractivity contribution < 1.29 is 22.7 Å². The summed E-state index contributed by atoms with van der Waals surface area (Å²) in [5.74, 6) is -0.478. The number of aryl methyl sites for hydroxylation is 1. The second kappa shape index (κ2) is 8.87. The Morgan fingerprint density at radius 2 is 1.81 bits per heavy atom. The van der Waals surface area contributed by atoms with Crippen LogP contribution in [0.3, 0.4) is 0 Å². The van der Waals surface area contributed by atoms with Crippen LogP contribution in [0.25, 0.3) is 11.3 Å². The van der Waals surface area contributed by atoms with Gasteiger partial charge >= 0.3 is 12.1 Å². The van der Waals surface area contributed by atoms with Gasteiger partial charge < -0.3 is 4.74 Å². The van der Waals surface area contributed by atoms with Gasteiger partial charge in [-0.1, -0.05) is 38.3 Å². The Bertz CT molecular complexity index is 721. The van der Waals surface area contributed by atoms with E-state index in [4.69, 9.17) is 4.74 Å². The van der Waals surface area contributed by atoms with Crippen LogP contribution in [0.5, 0.6) is 0 Å². The summed E-state index contributed by atoms with van der Waals surface area (Å²) < 4.78 is 44.8. The standard InChI is InChI=1S/C19H23F3N2O2/c1-3-5-6-7-12-24-17(18(25)26-4-2)13-16(23-24)14-8-10-15(11-9-14)19(20,21)22/h8-11,13H,3-7,12H2,1-2H3. The number of halogens is 3. The molecule has 0 aliphatic carbocycles. The molecule has 7 heteroatoms. The fraction of sp³-hybridized carbons (Fsp3) is 0.474. The number of ether oxygens (including phenoxy) is 1. The summed E-state index contributed by atoms with van der Waals surface area (Å²) >= 11 is 0. The summed E-state index contributed by atoms with van der Waals surface area (Å²) in [6.07, 6.45) is -0.293. The number of aromatic nitrogens is 2. The van der Waals surface area contributed by atoms with E-state index in [0.717, 1.165) is 37.8 Å². The minimum atomic E-state index is -4.38. The van der Waals surface area contributed by atoms with Crippen molar-refractivity contribution in [3.8, 4) is 11.3 Å². The second-order valence-corrected chi connectivity index (χ2v) is 5.99. The summed E-state index contributed by atoms with van der Waals surface area (Å²) in [7, 11) is 0. The van der Waals surface area contributed by atoms with Crippen LogP contribution in [0.1, 0.15) is 55.6 Å². The molecule has 0 aliphatic heterocycles. The van der Waals surface area contributed by atoms with E-state index in [9.17, 15) is 18.0 Å². The zero-order valence-corrected chi connectivity index (χ0v) is 15.0. The van der Waals surface area contributed by atoms with Crippen molar-refractivity contribution in [3.63, 3.8) is 0 Å². The first-order valence-corrected chi connectivity index (χ1v) is 8.79. The Morgan fingerprint density at radius 1 is 1.12 bits per heavy atom. The molecule has 0 saturated carbocycles. The Hall–Kier alpha value is -2.31. The molecular weight excluding hydrogens is 345 g/mol.